The number of non-ortho nitro benzene ring substituents is 1. The summed E-state index contributed by atoms with van der Waals surface area (Å²) in [5.74, 6) is 0.704. The van der Waals surface area contributed by atoms with Crippen molar-refractivity contribution in [2.45, 2.75) is 18.8 Å². The van der Waals surface area contributed by atoms with E-state index in [2.05, 4.69) is 10.1 Å². The molecule has 1 aromatic carbocycles. The zero-order valence-corrected chi connectivity index (χ0v) is 13.5. The van der Waals surface area contributed by atoms with Crippen LogP contribution in [0.5, 0.6) is 0 Å². The van der Waals surface area contributed by atoms with Crippen molar-refractivity contribution in [3.8, 4) is 0 Å². The summed E-state index contributed by atoms with van der Waals surface area (Å²) in [7, 11) is 3.68. The van der Waals surface area contributed by atoms with E-state index in [0.717, 1.165) is 18.9 Å². The quantitative estimate of drug-likeness (QED) is 0.626. The Morgan fingerprint density at radius 3 is 2.62 bits per heavy atom. The fourth-order valence-corrected chi connectivity index (χ4v) is 2.81. The van der Waals surface area contributed by atoms with Crippen LogP contribution in [0.1, 0.15) is 24.7 Å². The molecule has 0 saturated carbocycles. The number of nitro groups is 1. The van der Waals surface area contributed by atoms with Gasteiger partial charge in [-0.05, 0) is 24.1 Å². The molecule has 2 heterocycles. The maximum absolute atomic E-state index is 14.1. The van der Waals surface area contributed by atoms with Crippen molar-refractivity contribution in [1.82, 2.24) is 10.1 Å². The summed E-state index contributed by atoms with van der Waals surface area (Å²) in [6.07, 6.45) is 1.51. The third-order valence-corrected chi connectivity index (χ3v) is 4.16. The van der Waals surface area contributed by atoms with Crippen LogP contribution in [0.2, 0.25) is 0 Å². The summed E-state index contributed by atoms with van der Waals surface area (Å²) in [6.45, 7) is 1.25. The number of anilines is 2. The molecule has 0 atom stereocenters. The van der Waals surface area contributed by atoms with Crippen molar-refractivity contribution in [3.05, 3.63) is 40.0 Å². The van der Waals surface area contributed by atoms with Crippen molar-refractivity contribution in [2.75, 3.05) is 37.0 Å². The molecule has 3 rings (SSSR count). The van der Waals surface area contributed by atoms with Crippen LogP contribution in [0.15, 0.2) is 22.7 Å². The fraction of sp³-hybridized carbons (Fsp3) is 0.467. The highest BCUT2D eigenvalue weighted by Gasteiger charge is 2.27. The molecule has 0 spiro atoms. The number of nitro benzene ring substituents is 1. The lowest BCUT2D eigenvalue weighted by Gasteiger charge is -2.32. The number of hydrogen-bond acceptors (Lipinski definition) is 7. The minimum absolute atomic E-state index is 0.142. The summed E-state index contributed by atoms with van der Waals surface area (Å²) in [6, 6.07) is 3.75. The van der Waals surface area contributed by atoms with Gasteiger partial charge in [0, 0.05) is 39.2 Å². The zero-order valence-electron chi connectivity index (χ0n) is 13.5. The second-order valence-corrected chi connectivity index (χ2v) is 5.98. The first kappa shape index (κ1) is 16.2. The first-order valence-electron chi connectivity index (χ1n) is 7.65. The molecule has 1 aliphatic rings. The second-order valence-electron chi connectivity index (χ2n) is 5.98. The molecule has 2 aromatic rings. The molecule has 0 aliphatic carbocycles. The molecule has 1 aliphatic heterocycles. The minimum atomic E-state index is -0.600. The van der Waals surface area contributed by atoms with Gasteiger partial charge in [-0.3, -0.25) is 10.1 Å². The number of nitrogens with zero attached hydrogens (tertiary/aromatic N) is 5. The van der Waals surface area contributed by atoms with Crippen molar-refractivity contribution in [1.29, 1.82) is 0 Å². The smallest absolute Gasteiger partial charge is 0.272 e. The maximum Gasteiger partial charge on any atom is 0.272 e. The van der Waals surface area contributed by atoms with Crippen molar-refractivity contribution >= 4 is 17.3 Å². The lowest BCUT2D eigenvalue weighted by atomic mass is 9.96. The molecule has 0 unspecified atom stereocenters. The third kappa shape index (κ3) is 3.15. The van der Waals surface area contributed by atoms with Gasteiger partial charge in [0.2, 0.25) is 5.89 Å². The summed E-state index contributed by atoms with van der Waals surface area (Å²) < 4.78 is 19.4. The van der Waals surface area contributed by atoms with Crippen molar-refractivity contribution in [2.24, 2.45) is 0 Å². The highest BCUT2D eigenvalue weighted by molar-refractivity contribution is 5.52. The molecule has 0 radical (unpaired) electrons. The van der Waals surface area contributed by atoms with Crippen molar-refractivity contribution < 1.29 is 13.8 Å². The van der Waals surface area contributed by atoms with E-state index in [1.807, 2.05) is 19.0 Å². The van der Waals surface area contributed by atoms with Crippen LogP contribution in [-0.4, -0.2) is 42.2 Å². The normalized spacial score (nSPS) is 15.5. The topological polar surface area (TPSA) is 88.5 Å². The van der Waals surface area contributed by atoms with Crippen LogP contribution in [0.3, 0.4) is 0 Å². The maximum atomic E-state index is 14.1. The molecule has 0 N–H and O–H groups in total. The summed E-state index contributed by atoms with van der Waals surface area (Å²) in [5.41, 5.74) is 0.145. The van der Waals surface area contributed by atoms with E-state index in [1.54, 1.807) is 4.90 Å². The van der Waals surface area contributed by atoms with Gasteiger partial charge in [-0.2, -0.15) is 4.98 Å². The summed E-state index contributed by atoms with van der Waals surface area (Å²) in [5, 5.41) is 14.6. The first-order chi connectivity index (χ1) is 11.5. The average Bonchev–Trinajstić information content (AvgIpc) is 3.05. The second kappa shape index (κ2) is 6.42. The average molecular weight is 335 g/mol. The number of benzene rings is 1. The Balaban J connectivity index is 1.67. The monoisotopic (exact) mass is 335 g/mol. The Labute approximate surface area is 138 Å². The van der Waals surface area contributed by atoms with Crippen molar-refractivity contribution in [3.63, 3.8) is 0 Å². The molecule has 128 valence electrons. The van der Waals surface area contributed by atoms with E-state index in [4.69, 9.17) is 4.52 Å². The predicted octanol–water partition coefficient (Wildman–Crippen LogP) is 2.57. The van der Waals surface area contributed by atoms with Gasteiger partial charge in [0.25, 0.3) is 11.6 Å². The summed E-state index contributed by atoms with van der Waals surface area (Å²) in [4.78, 5) is 18.1. The lowest BCUT2D eigenvalue weighted by Crippen LogP contribution is -2.33. The molecule has 8 nitrogen and oxygen atoms in total. The molecule has 0 bridgehead atoms. The summed E-state index contributed by atoms with van der Waals surface area (Å²) >= 11 is 0. The molecule has 9 heteroatoms. The molecular weight excluding hydrogens is 317 g/mol. The number of piperidine rings is 1. The van der Waals surface area contributed by atoms with E-state index >= 15 is 0 Å². The van der Waals surface area contributed by atoms with E-state index in [0.29, 0.717) is 30.6 Å². The van der Waals surface area contributed by atoms with Gasteiger partial charge in [0.15, 0.2) is 5.82 Å². The lowest BCUT2D eigenvalue weighted by molar-refractivity contribution is -0.385. The largest absolute Gasteiger partial charge is 0.369 e. The number of hydrogen-bond donors (Lipinski definition) is 0. The third-order valence-electron chi connectivity index (χ3n) is 4.16. The Kier molecular flexibility index (Phi) is 4.32. The molecule has 0 amide bonds. The Morgan fingerprint density at radius 2 is 2.08 bits per heavy atom. The Bertz CT molecular complexity index is 740. The predicted molar refractivity (Wildman–Crippen MR) is 85.9 cm³/mol. The van der Waals surface area contributed by atoms with Crippen LogP contribution in [-0.2, 0) is 0 Å². The van der Waals surface area contributed by atoms with Crippen LogP contribution in [0.4, 0.5) is 21.7 Å². The number of aromatic nitrogens is 2. The van der Waals surface area contributed by atoms with Crippen LogP contribution >= 0.6 is 0 Å². The van der Waals surface area contributed by atoms with Gasteiger partial charge >= 0.3 is 0 Å². The highest BCUT2D eigenvalue weighted by Crippen LogP contribution is 2.32. The standard InChI is InChI=1S/C15H18FN5O3/c1-19(2)15-17-14(24-18-15)10-5-7-20(8-6-10)13-4-3-11(21(22)23)9-12(13)16/h3-4,9-10H,5-8H2,1-2H3. The number of rotatable bonds is 4. The Morgan fingerprint density at radius 1 is 1.38 bits per heavy atom. The van der Waals surface area contributed by atoms with E-state index in [1.165, 1.54) is 12.1 Å². The Hall–Kier alpha value is -2.71. The van der Waals surface area contributed by atoms with Gasteiger partial charge in [-0.25, -0.2) is 4.39 Å². The van der Waals surface area contributed by atoms with E-state index in [9.17, 15) is 14.5 Å². The highest BCUT2D eigenvalue weighted by atomic mass is 19.1. The molecule has 1 saturated heterocycles. The van der Waals surface area contributed by atoms with Gasteiger partial charge in [0.1, 0.15) is 0 Å². The van der Waals surface area contributed by atoms with E-state index < -0.39 is 10.7 Å². The van der Waals surface area contributed by atoms with Crippen LogP contribution in [0.25, 0.3) is 0 Å². The van der Waals surface area contributed by atoms with Crippen LogP contribution in [0, 0.1) is 15.9 Å². The van der Waals surface area contributed by atoms with Gasteiger partial charge in [0.05, 0.1) is 16.7 Å². The first-order valence-corrected chi connectivity index (χ1v) is 7.65. The van der Waals surface area contributed by atoms with Crippen LogP contribution < -0.4 is 9.80 Å². The fourth-order valence-electron chi connectivity index (χ4n) is 2.81. The molecule has 1 fully saturated rings. The number of halogens is 1. The zero-order chi connectivity index (χ0) is 17.3. The molecular formula is C15H18FN5O3. The van der Waals surface area contributed by atoms with Gasteiger partial charge in [-0.1, -0.05) is 0 Å². The van der Waals surface area contributed by atoms with Gasteiger partial charge < -0.3 is 14.3 Å². The minimum Gasteiger partial charge on any atom is -0.369 e. The van der Waals surface area contributed by atoms with Gasteiger partial charge in [-0.15, -0.1) is 0 Å². The van der Waals surface area contributed by atoms with E-state index in [-0.39, 0.29) is 11.6 Å². The SMILES string of the molecule is CN(C)c1noc(C2CCN(c3ccc([N+](=O)[O-])cc3F)CC2)n1. The molecule has 1 aromatic heterocycles. The molecule has 24 heavy (non-hydrogen) atoms.